The van der Waals surface area contributed by atoms with Crippen LogP contribution in [-0.2, 0) is 0 Å². The van der Waals surface area contributed by atoms with Gasteiger partial charge in [-0.3, -0.25) is 4.79 Å². The van der Waals surface area contributed by atoms with Crippen LogP contribution in [0.1, 0.15) is 16.2 Å². The second-order valence-electron chi connectivity index (χ2n) is 6.70. The molecule has 3 aromatic carbocycles. The van der Waals surface area contributed by atoms with Gasteiger partial charge < -0.3 is 10.1 Å². The summed E-state index contributed by atoms with van der Waals surface area (Å²) < 4.78 is 20.0. The Labute approximate surface area is 173 Å². The third-order valence-electron chi connectivity index (χ3n) is 4.51. The van der Waals surface area contributed by atoms with E-state index in [4.69, 9.17) is 4.74 Å². The average Bonchev–Trinajstić information content (AvgIpc) is 3.21. The lowest BCUT2D eigenvalue weighted by Crippen LogP contribution is -2.14. The second-order valence-corrected chi connectivity index (χ2v) is 6.70. The van der Waals surface area contributed by atoms with Gasteiger partial charge in [-0.15, -0.1) is 5.10 Å². The SMILES string of the molecule is COc1ccc(-n2nc(C(=O)Nc3ccc(F)cc3)nc2-c2cccc(C)c2)cc1. The molecule has 0 aliphatic heterocycles. The number of nitrogens with one attached hydrogen (secondary N) is 1. The summed E-state index contributed by atoms with van der Waals surface area (Å²) in [5, 5.41) is 7.13. The molecule has 0 spiro atoms. The van der Waals surface area contributed by atoms with Crippen LogP contribution < -0.4 is 10.1 Å². The Kier molecular flexibility index (Phi) is 5.26. The van der Waals surface area contributed by atoms with Crippen molar-refractivity contribution >= 4 is 11.6 Å². The molecule has 1 amide bonds. The number of aromatic nitrogens is 3. The Hall–Kier alpha value is -4.00. The van der Waals surface area contributed by atoms with Gasteiger partial charge in [0, 0.05) is 11.3 Å². The van der Waals surface area contributed by atoms with E-state index in [1.165, 1.54) is 24.3 Å². The molecule has 30 heavy (non-hydrogen) atoms. The number of rotatable bonds is 5. The molecule has 0 radical (unpaired) electrons. The van der Waals surface area contributed by atoms with Gasteiger partial charge in [0.1, 0.15) is 11.6 Å². The molecule has 150 valence electrons. The van der Waals surface area contributed by atoms with Gasteiger partial charge in [-0.1, -0.05) is 23.8 Å². The molecule has 1 aromatic heterocycles. The summed E-state index contributed by atoms with van der Waals surface area (Å²) in [6.07, 6.45) is 0. The molecule has 4 rings (SSSR count). The van der Waals surface area contributed by atoms with Gasteiger partial charge in [0.2, 0.25) is 5.82 Å². The Balaban J connectivity index is 1.74. The predicted octanol–water partition coefficient (Wildman–Crippen LogP) is 4.64. The van der Waals surface area contributed by atoms with Crippen LogP contribution in [0.15, 0.2) is 72.8 Å². The van der Waals surface area contributed by atoms with Crippen LogP contribution >= 0.6 is 0 Å². The van der Waals surface area contributed by atoms with E-state index in [0.717, 1.165) is 16.8 Å². The molecule has 0 bridgehead atoms. The number of methoxy groups -OCH3 is 1. The summed E-state index contributed by atoms with van der Waals surface area (Å²) in [6.45, 7) is 1.99. The number of nitrogens with zero attached hydrogens (tertiary/aromatic N) is 3. The number of hydrogen-bond acceptors (Lipinski definition) is 4. The van der Waals surface area contributed by atoms with E-state index in [0.29, 0.717) is 17.3 Å². The first-order valence-corrected chi connectivity index (χ1v) is 9.29. The molecular weight excluding hydrogens is 383 g/mol. The number of carbonyl (C=O) groups excluding carboxylic acids is 1. The van der Waals surface area contributed by atoms with Crippen molar-refractivity contribution < 1.29 is 13.9 Å². The number of hydrogen-bond donors (Lipinski definition) is 1. The van der Waals surface area contributed by atoms with Crippen molar-refractivity contribution in [3.63, 3.8) is 0 Å². The van der Waals surface area contributed by atoms with Crippen LogP contribution in [0.25, 0.3) is 17.1 Å². The molecule has 0 saturated carbocycles. The number of halogens is 1. The molecule has 7 heteroatoms. The highest BCUT2D eigenvalue weighted by Gasteiger charge is 2.19. The van der Waals surface area contributed by atoms with Gasteiger partial charge >= 0.3 is 0 Å². The summed E-state index contributed by atoms with van der Waals surface area (Å²) in [7, 11) is 1.60. The largest absolute Gasteiger partial charge is 0.497 e. The molecule has 0 fully saturated rings. The summed E-state index contributed by atoms with van der Waals surface area (Å²) >= 11 is 0. The van der Waals surface area contributed by atoms with Gasteiger partial charge in [-0.05, 0) is 61.5 Å². The number of ether oxygens (including phenoxy) is 1. The predicted molar refractivity (Wildman–Crippen MR) is 112 cm³/mol. The van der Waals surface area contributed by atoms with Crippen molar-refractivity contribution in [3.8, 4) is 22.8 Å². The van der Waals surface area contributed by atoms with E-state index in [9.17, 15) is 9.18 Å². The number of benzene rings is 3. The zero-order valence-electron chi connectivity index (χ0n) is 16.5. The second kappa shape index (κ2) is 8.16. The Morgan fingerprint density at radius 3 is 2.43 bits per heavy atom. The van der Waals surface area contributed by atoms with Crippen molar-refractivity contribution in [1.82, 2.24) is 14.8 Å². The van der Waals surface area contributed by atoms with Gasteiger partial charge in [0.05, 0.1) is 12.8 Å². The van der Waals surface area contributed by atoms with Gasteiger partial charge in [0.25, 0.3) is 5.91 Å². The van der Waals surface area contributed by atoms with Crippen LogP contribution in [0.5, 0.6) is 5.75 Å². The Bertz CT molecular complexity index is 1180. The highest BCUT2D eigenvalue weighted by atomic mass is 19.1. The van der Waals surface area contributed by atoms with Gasteiger partial charge in [-0.25, -0.2) is 14.1 Å². The first kappa shape index (κ1) is 19.3. The lowest BCUT2D eigenvalue weighted by molar-refractivity contribution is 0.101. The first-order chi connectivity index (χ1) is 14.5. The van der Waals surface area contributed by atoms with Gasteiger partial charge in [-0.2, -0.15) is 0 Å². The minimum atomic E-state index is -0.484. The molecule has 1 heterocycles. The third-order valence-corrected chi connectivity index (χ3v) is 4.51. The molecule has 6 nitrogen and oxygen atoms in total. The van der Waals surface area contributed by atoms with Crippen LogP contribution in [0, 0.1) is 12.7 Å². The topological polar surface area (TPSA) is 69.0 Å². The normalized spacial score (nSPS) is 10.6. The number of carbonyl (C=O) groups is 1. The number of aryl methyl sites for hydroxylation is 1. The van der Waals surface area contributed by atoms with Crippen LogP contribution in [0.3, 0.4) is 0 Å². The van der Waals surface area contributed by atoms with E-state index in [1.54, 1.807) is 11.8 Å². The highest BCUT2D eigenvalue weighted by Crippen LogP contribution is 2.24. The minimum Gasteiger partial charge on any atom is -0.497 e. The van der Waals surface area contributed by atoms with E-state index in [-0.39, 0.29) is 11.6 Å². The molecule has 0 saturated heterocycles. The fourth-order valence-corrected chi connectivity index (χ4v) is 3.00. The van der Waals surface area contributed by atoms with E-state index in [1.807, 2.05) is 55.5 Å². The summed E-state index contributed by atoms with van der Waals surface area (Å²) in [5.41, 5.74) is 3.09. The maximum Gasteiger partial charge on any atom is 0.295 e. The molecule has 1 N–H and O–H groups in total. The van der Waals surface area contributed by atoms with Crippen molar-refractivity contribution in [2.45, 2.75) is 6.92 Å². The summed E-state index contributed by atoms with van der Waals surface area (Å²) in [6, 6.07) is 20.6. The summed E-state index contributed by atoms with van der Waals surface area (Å²) in [5.74, 6) is 0.393. The maximum absolute atomic E-state index is 13.1. The highest BCUT2D eigenvalue weighted by molar-refractivity contribution is 6.01. The van der Waals surface area contributed by atoms with Crippen LogP contribution in [0.4, 0.5) is 10.1 Å². The first-order valence-electron chi connectivity index (χ1n) is 9.29. The molecule has 0 atom stereocenters. The van der Waals surface area contributed by atoms with Crippen LogP contribution in [0.2, 0.25) is 0 Å². The van der Waals surface area contributed by atoms with E-state index in [2.05, 4.69) is 15.4 Å². The van der Waals surface area contributed by atoms with Crippen LogP contribution in [-0.4, -0.2) is 27.8 Å². The van der Waals surface area contributed by atoms with Crippen molar-refractivity contribution in [1.29, 1.82) is 0 Å². The lowest BCUT2D eigenvalue weighted by Gasteiger charge is -2.07. The van der Waals surface area contributed by atoms with E-state index < -0.39 is 5.91 Å². The number of amides is 1. The Morgan fingerprint density at radius 1 is 1.03 bits per heavy atom. The van der Waals surface area contributed by atoms with Crippen molar-refractivity contribution in [3.05, 3.63) is 90.0 Å². The smallest absolute Gasteiger partial charge is 0.295 e. The zero-order chi connectivity index (χ0) is 21.1. The zero-order valence-corrected chi connectivity index (χ0v) is 16.5. The lowest BCUT2D eigenvalue weighted by atomic mass is 10.1. The molecule has 0 aliphatic carbocycles. The van der Waals surface area contributed by atoms with E-state index >= 15 is 0 Å². The fraction of sp³-hybridized carbons (Fsp3) is 0.0870. The van der Waals surface area contributed by atoms with Gasteiger partial charge in [0.15, 0.2) is 5.82 Å². The quantitative estimate of drug-likeness (QED) is 0.528. The number of anilines is 1. The average molecular weight is 402 g/mol. The molecule has 0 aliphatic rings. The van der Waals surface area contributed by atoms with Crippen molar-refractivity contribution in [2.75, 3.05) is 12.4 Å². The maximum atomic E-state index is 13.1. The molecule has 4 aromatic rings. The third kappa shape index (κ3) is 4.05. The standard InChI is InChI=1S/C23H19FN4O2/c1-15-4-3-5-16(14-15)22-26-21(23(29)25-18-8-6-17(24)7-9-18)27-28(22)19-10-12-20(30-2)13-11-19/h3-14H,1-2H3,(H,25,29). The fourth-order valence-electron chi connectivity index (χ4n) is 3.00. The Morgan fingerprint density at radius 2 is 1.77 bits per heavy atom. The minimum absolute atomic E-state index is 0.00616. The molecular formula is C23H19FN4O2. The monoisotopic (exact) mass is 402 g/mol. The molecule has 0 unspecified atom stereocenters. The summed E-state index contributed by atoms with van der Waals surface area (Å²) in [4.78, 5) is 17.2. The van der Waals surface area contributed by atoms with Crippen molar-refractivity contribution in [2.24, 2.45) is 0 Å².